The Morgan fingerprint density at radius 3 is 1.70 bits per heavy atom. The molecule has 0 bridgehead atoms. The number of carboxylic acid groups (broad SMARTS) is 1. The number of rotatable bonds is 2. The van der Waals surface area contributed by atoms with Gasteiger partial charge >= 0.3 is 11.8 Å². The maximum atomic E-state index is 10.4. The number of hydrogen-bond acceptors (Lipinski definition) is 3. The number of carboxylic acids is 1. The van der Waals surface area contributed by atoms with Crippen molar-refractivity contribution in [2.45, 2.75) is 5.79 Å². The highest BCUT2D eigenvalue weighted by Gasteiger charge is 2.42. The molecule has 0 aromatic rings. The zero-order valence-electron chi connectivity index (χ0n) is 6.46. The lowest BCUT2D eigenvalue weighted by Gasteiger charge is -2.35. The molecule has 0 aliphatic heterocycles. The molecule has 5 nitrogen and oxygen atoms in total. The largest absolute Gasteiger partial charge is 0.474 e. The third kappa shape index (κ3) is 1.44. The highest BCUT2D eigenvalue weighted by molar-refractivity contribution is 5.75. The molecule has 0 aliphatic rings. The van der Waals surface area contributed by atoms with E-state index in [1.165, 1.54) is 0 Å². The quantitative estimate of drug-likeness (QED) is 0.323. The predicted molar refractivity (Wildman–Crippen MR) is 36.8 cm³/mol. The van der Waals surface area contributed by atoms with Gasteiger partial charge < -0.3 is 5.11 Å². The molecular weight excluding hydrogens is 134 g/mol. The summed E-state index contributed by atoms with van der Waals surface area (Å²) in [4.78, 5) is 10.4. The Balaban J connectivity index is 4.57. The summed E-state index contributed by atoms with van der Waals surface area (Å²) in [7, 11) is 4.86. The monoisotopic (exact) mass is 148 g/mol. The van der Waals surface area contributed by atoms with E-state index in [-0.39, 0.29) is 4.48 Å². The fourth-order valence-electron chi connectivity index (χ4n) is 0.287. The number of aliphatic carboxylic acids is 1. The normalized spacial score (nSPS) is 13.3. The van der Waals surface area contributed by atoms with Crippen molar-refractivity contribution in [3.63, 3.8) is 0 Å². The maximum Gasteiger partial charge on any atom is 0.399 e. The SMILES string of the molecule is C[N+](C)(C)C(N)(N)C(=O)O. The fourth-order valence-corrected chi connectivity index (χ4v) is 0.287. The summed E-state index contributed by atoms with van der Waals surface area (Å²) in [6.07, 6.45) is 0. The van der Waals surface area contributed by atoms with E-state index in [1.54, 1.807) is 21.1 Å². The number of quaternary nitrogens is 1. The molecule has 0 spiro atoms. The van der Waals surface area contributed by atoms with Crippen LogP contribution in [-0.4, -0.2) is 42.5 Å². The first-order valence-corrected chi connectivity index (χ1v) is 2.82. The van der Waals surface area contributed by atoms with Gasteiger partial charge in [-0.3, -0.25) is 16.0 Å². The van der Waals surface area contributed by atoms with Crippen molar-refractivity contribution in [1.82, 2.24) is 0 Å². The van der Waals surface area contributed by atoms with Crippen LogP contribution >= 0.6 is 0 Å². The van der Waals surface area contributed by atoms with Gasteiger partial charge in [0.2, 0.25) is 0 Å². The van der Waals surface area contributed by atoms with Gasteiger partial charge in [-0.2, -0.15) is 0 Å². The molecule has 60 valence electrons. The van der Waals surface area contributed by atoms with E-state index in [1.807, 2.05) is 0 Å². The molecule has 10 heavy (non-hydrogen) atoms. The molecule has 0 aliphatic carbocycles. The molecule has 5 N–H and O–H groups in total. The molecule has 0 rings (SSSR count). The van der Waals surface area contributed by atoms with Gasteiger partial charge in [-0.25, -0.2) is 4.79 Å². The third-order valence-corrected chi connectivity index (χ3v) is 1.45. The summed E-state index contributed by atoms with van der Waals surface area (Å²) in [5.74, 6) is -2.92. The van der Waals surface area contributed by atoms with Crippen LogP contribution in [0.15, 0.2) is 0 Å². The Kier molecular flexibility index (Phi) is 2.05. The third-order valence-electron chi connectivity index (χ3n) is 1.45. The fraction of sp³-hybridized carbons (Fsp3) is 0.800. The number of nitrogens with two attached hydrogens (primary N) is 2. The Hall–Kier alpha value is -0.650. The molecule has 0 unspecified atom stereocenters. The molecule has 0 atom stereocenters. The highest BCUT2D eigenvalue weighted by atomic mass is 16.4. The first-order valence-electron chi connectivity index (χ1n) is 2.82. The van der Waals surface area contributed by atoms with Crippen molar-refractivity contribution >= 4 is 5.97 Å². The highest BCUT2D eigenvalue weighted by Crippen LogP contribution is 2.04. The second-order valence-electron chi connectivity index (χ2n) is 3.14. The number of carbonyl (C=O) groups is 1. The zero-order valence-corrected chi connectivity index (χ0v) is 6.46. The number of likely N-dealkylation sites (N-methyl/N-ethyl adjacent to an activating group) is 1. The van der Waals surface area contributed by atoms with Crippen LogP contribution in [0.3, 0.4) is 0 Å². The Bertz CT molecular complexity index is 147. The van der Waals surface area contributed by atoms with Gasteiger partial charge in [0.15, 0.2) is 0 Å². The van der Waals surface area contributed by atoms with Crippen molar-refractivity contribution in [1.29, 1.82) is 0 Å². The first-order chi connectivity index (χ1) is 4.19. The molecular formula is C5H14N3O2+. The van der Waals surface area contributed by atoms with Crippen LogP contribution in [0.25, 0.3) is 0 Å². The van der Waals surface area contributed by atoms with Crippen molar-refractivity contribution in [2.24, 2.45) is 11.5 Å². The van der Waals surface area contributed by atoms with Gasteiger partial charge in [0.05, 0.1) is 21.1 Å². The van der Waals surface area contributed by atoms with Gasteiger partial charge in [0.1, 0.15) is 0 Å². The summed E-state index contributed by atoms with van der Waals surface area (Å²) in [6.45, 7) is 0. The Morgan fingerprint density at radius 2 is 1.70 bits per heavy atom. The van der Waals surface area contributed by atoms with E-state index in [9.17, 15) is 4.79 Å². The summed E-state index contributed by atoms with van der Waals surface area (Å²) >= 11 is 0. The smallest absolute Gasteiger partial charge is 0.399 e. The summed E-state index contributed by atoms with van der Waals surface area (Å²) in [5, 5.41) is 8.51. The van der Waals surface area contributed by atoms with E-state index in [0.717, 1.165) is 0 Å². The van der Waals surface area contributed by atoms with E-state index >= 15 is 0 Å². The van der Waals surface area contributed by atoms with Crippen molar-refractivity contribution in [3.05, 3.63) is 0 Å². The van der Waals surface area contributed by atoms with Crippen LogP contribution in [0.2, 0.25) is 0 Å². The lowest BCUT2D eigenvalue weighted by atomic mass is 10.3. The minimum absolute atomic E-state index is 0.0116. The summed E-state index contributed by atoms with van der Waals surface area (Å²) in [5.41, 5.74) is 10.6. The van der Waals surface area contributed by atoms with Gasteiger partial charge in [0.25, 0.3) is 0 Å². The predicted octanol–water partition coefficient (Wildman–Crippen LogP) is -1.65. The summed E-state index contributed by atoms with van der Waals surface area (Å²) < 4.78 is -0.0116. The van der Waals surface area contributed by atoms with E-state index in [4.69, 9.17) is 16.6 Å². The first kappa shape index (κ1) is 9.35. The second-order valence-corrected chi connectivity index (χ2v) is 3.14. The zero-order chi connectivity index (χ0) is 8.58. The average molecular weight is 148 g/mol. The minimum Gasteiger partial charge on any atom is -0.474 e. The molecule has 0 fully saturated rings. The van der Waals surface area contributed by atoms with E-state index in [0.29, 0.717) is 0 Å². The van der Waals surface area contributed by atoms with Crippen LogP contribution in [0, 0.1) is 0 Å². The molecule has 0 radical (unpaired) electrons. The lowest BCUT2D eigenvalue weighted by molar-refractivity contribution is -0.913. The standard InChI is InChI=1S/C5H13N3O2/c1-8(2,3)5(6,7)4(9)10/h6-7H2,1-3H3/p+1. The van der Waals surface area contributed by atoms with Gasteiger partial charge in [-0.15, -0.1) is 0 Å². The van der Waals surface area contributed by atoms with Crippen molar-refractivity contribution in [3.8, 4) is 0 Å². The van der Waals surface area contributed by atoms with Gasteiger partial charge in [-0.1, -0.05) is 0 Å². The minimum atomic E-state index is -1.71. The van der Waals surface area contributed by atoms with Crippen LogP contribution in [0.4, 0.5) is 0 Å². The molecule has 0 saturated heterocycles. The van der Waals surface area contributed by atoms with Crippen molar-refractivity contribution in [2.75, 3.05) is 21.1 Å². The molecule has 0 aromatic carbocycles. The van der Waals surface area contributed by atoms with Crippen LogP contribution in [0.5, 0.6) is 0 Å². The molecule has 0 heterocycles. The molecule has 0 aromatic heterocycles. The van der Waals surface area contributed by atoms with Crippen LogP contribution < -0.4 is 11.5 Å². The number of nitrogens with zero attached hydrogens (tertiary/aromatic N) is 1. The van der Waals surface area contributed by atoms with Gasteiger partial charge in [0, 0.05) is 0 Å². The van der Waals surface area contributed by atoms with E-state index < -0.39 is 11.8 Å². The van der Waals surface area contributed by atoms with Crippen LogP contribution in [0.1, 0.15) is 0 Å². The van der Waals surface area contributed by atoms with Crippen molar-refractivity contribution < 1.29 is 14.4 Å². The maximum absolute atomic E-state index is 10.4. The average Bonchev–Trinajstić information content (AvgIpc) is 1.62. The molecule has 0 amide bonds. The Labute approximate surface area is 59.8 Å². The summed E-state index contributed by atoms with van der Waals surface area (Å²) in [6, 6.07) is 0. The second kappa shape index (κ2) is 2.19. The van der Waals surface area contributed by atoms with Gasteiger partial charge in [-0.05, 0) is 0 Å². The molecule has 5 heteroatoms. The molecule has 0 saturated carbocycles. The lowest BCUT2D eigenvalue weighted by Crippen LogP contribution is -2.73. The number of hydrogen-bond donors (Lipinski definition) is 3. The van der Waals surface area contributed by atoms with Crippen LogP contribution in [-0.2, 0) is 4.79 Å². The topological polar surface area (TPSA) is 89.3 Å². The van der Waals surface area contributed by atoms with E-state index in [2.05, 4.69) is 0 Å². The Morgan fingerprint density at radius 1 is 1.40 bits per heavy atom.